The van der Waals surface area contributed by atoms with Gasteiger partial charge in [-0.3, -0.25) is 4.79 Å². The summed E-state index contributed by atoms with van der Waals surface area (Å²) in [5.41, 5.74) is 11.3. The van der Waals surface area contributed by atoms with Crippen LogP contribution < -0.4 is 11.5 Å². The van der Waals surface area contributed by atoms with Crippen LogP contribution in [0.4, 0.5) is 0 Å². The van der Waals surface area contributed by atoms with Gasteiger partial charge in [0.2, 0.25) is 5.91 Å². The summed E-state index contributed by atoms with van der Waals surface area (Å²) in [7, 11) is 0. The van der Waals surface area contributed by atoms with Gasteiger partial charge in [0, 0.05) is 25.6 Å². The van der Waals surface area contributed by atoms with Crippen LogP contribution in [0.5, 0.6) is 0 Å². The van der Waals surface area contributed by atoms with Crippen molar-refractivity contribution < 1.29 is 4.79 Å². The van der Waals surface area contributed by atoms with Crippen molar-refractivity contribution in [2.75, 3.05) is 13.1 Å². The van der Waals surface area contributed by atoms with Gasteiger partial charge in [-0.15, -0.1) is 0 Å². The number of hydrogen-bond acceptors (Lipinski definition) is 3. The van der Waals surface area contributed by atoms with E-state index in [0.717, 1.165) is 13.0 Å². The molecule has 0 aromatic rings. The monoisotopic (exact) mass is 171 g/mol. The van der Waals surface area contributed by atoms with Gasteiger partial charge in [0.25, 0.3) is 0 Å². The standard InChI is InChI=1S/C8H17N3O/c1-6(10)7(5-9)11-4-2-3-8(11)12/h6-7H,2-5,9-10H2,1H3. The highest BCUT2D eigenvalue weighted by Gasteiger charge is 2.28. The molecule has 0 bridgehead atoms. The first-order valence-corrected chi connectivity index (χ1v) is 4.42. The van der Waals surface area contributed by atoms with Gasteiger partial charge in [0.15, 0.2) is 0 Å². The van der Waals surface area contributed by atoms with E-state index in [1.54, 1.807) is 0 Å². The van der Waals surface area contributed by atoms with E-state index < -0.39 is 0 Å². The SMILES string of the molecule is CC(N)C(CN)N1CCCC1=O. The van der Waals surface area contributed by atoms with Crippen LogP contribution in [0.15, 0.2) is 0 Å². The molecule has 1 fully saturated rings. The van der Waals surface area contributed by atoms with Gasteiger partial charge in [0.1, 0.15) is 0 Å². The number of hydrogen-bond donors (Lipinski definition) is 2. The van der Waals surface area contributed by atoms with Gasteiger partial charge in [0.05, 0.1) is 6.04 Å². The minimum Gasteiger partial charge on any atom is -0.337 e. The molecule has 0 aliphatic carbocycles. The number of nitrogens with zero attached hydrogens (tertiary/aromatic N) is 1. The highest BCUT2D eigenvalue weighted by atomic mass is 16.2. The molecule has 0 saturated carbocycles. The van der Waals surface area contributed by atoms with Crippen LogP contribution in [0, 0.1) is 0 Å². The Bertz CT molecular complexity index is 170. The number of amides is 1. The molecule has 1 amide bonds. The molecule has 1 rings (SSSR count). The molecule has 1 aliphatic heterocycles. The van der Waals surface area contributed by atoms with Gasteiger partial charge in [-0.25, -0.2) is 0 Å². The summed E-state index contributed by atoms with van der Waals surface area (Å²) in [6.45, 7) is 3.18. The van der Waals surface area contributed by atoms with Crippen molar-refractivity contribution in [3.05, 3.63) is 0 Å². The fourth-order valence-corrected chi connectivity index (χ4v) is 1.65. The summed E-state index contributed by atoms with van der Waals surface area (Å²) in [4.78, 5) is 13.1. The maximum atomic E-state index is 11.3. The Labute approximate surface area is 72.9 Å². The lowest BCUT2D eigenvalue weighted by molar-refractivity contribution is -0.129. The molecule has 4 nitrogen and oxygen atoms in total. The number of rotatable bonds is 3. The number of likely N-dealkylation sites (tertiary alicyclic amines) is 1. The molecule has 70 valence electrons. The fourth-order valence-electron chi connectivity index (χ4n) is 1.65. The number of carbonyl (C=O) groups is 1. The van der Waals surface area contributed by atoms with Crippen molar-refractivity contribution in [1.82, 2.24) is 4.90 Å². The topological polar surface area (TPSA) is 72.3 Å². The van der Waals surface area contributed by atoms with E-state index in [1.165, 1.54) is 0 Å². The third-order valence-electron chi connectivity index (χ3n) is 2.36. The first kappa shape index (κ1) is 9.48. The lowest BCUT2D eigenvalue weighted by Gasteiger charge is -2.29. The van der Waals surface area contributed by atoms with Crippen LogP contribution in [-0.2, 0) is 4.79 Å². The van der Waals surface area contributed by atoms with Gasteiger partial charge < -0.3 is 16.4 Å². The average Bonchev–Trinajstić information content (AvgIpc) is 2.38. The summed E-state index contributed by atoms with van der Waals surface area (Å²) < 4.78 is 0. The third-order valence-corrected chi connectivity index (χ3v) is 2.36. The first-order chi connectivity index (χ1) is 5.66. The van der Waals surface area contributed by atoms with Crippen LogP contribution in [0.3, 0.4) is 0 Å². The summed E-state index contributed by atoms with van der Waals surface area (Å²) >= 11 is 0. The van der Waals surface area contributed by atoms with Crippen LogP contribution in [0.1, 0.15) is 19.8 Å². The molecule has 2 unspecified atom stereocenters. The molecule has 1 heterocycles. The van der Waals surface area contributed by atoms with Crippen molar-refractivity contribution in [2.45, 2.75) is 31.8 Å². The van der Waals surface area contributed by atoms with E-state index in [-0.39, 0.29) is 18.0 Å². The van der Waals surface area contributed by atoms with Crippen LogP contribution in [-0.4, -0.2) is 36.0 Å². The summed E-state index contributed by atoms with van der Waals surface area (Å²) in [5, 5.41) is 0. The zero-order valence-electron chi connectivity index (χ0n) is 7.49. The van der Waals surface area contributed by atoms with Crippen molar-refractivity contribution in [3.63, 3.8) is 0 Å². The second kappa shape index (κ2) is 3.87. The predicted molar refractivity (Wildman–Crippen MR) is 47.4 cm³/mol. The average molecular weight is 171 g/mol. The highest BCUT2D eigenvalue weighted by Crippen LogP contribution is 2.14. The minimum atomic E-state index is -0.0305. The van der Waals surface area contributed by atoms with Gasteiger partial charge in [-0.1, -0.05) is 0 Å². The first-order valence-electron chi connectivity index (χ1n) is 4.42. The molecule has 1 aliphatic rings. The van der Waals surface area contributed by atoms with E-state index in [0.29, 0.717) is 13.0 Å². The molecule has 0 spiro atoms. The molecular weight excluding hydrogens is 154 g/mol. The number of nitrogens with two attached hydrogens (primary N) is 2. The Morgan fingerprint density at radius 3 is 2.67 bits per heavy atom. The maximum Gasteiger partial charge on any atom is 0.222 e. The van der Waals surface area contributed by atoms with Crippen molar-refractivity contribution >= 4 is 5.91 Å². The summed E-state index contributed by atoms with van der Waals surface area (Å²) in [6, 6.07) is -0.00273. The molecule has 0 aromatic carbocycles. The predicted octanol–water partition coefficient (Wildman–Crippen LogP) is -0.717. The molecular formula is C8H17N3O. The summed E-state index contributed by atoms with van der Waals surface area (Å²) in [6.07, 6.45) is 1.60. The van der Waals surface area contributed by atoms with Gasteiger partial charge in [-0.05, 0) is 13.3 Å². The quantitative estimate of drug-likeness (QED) is 0.589. The van der Waals surface area contributed by atoms with Gasteiger partial charge in [-0.2, -0.15) is 0 Å². The Hall–Kier alpha value is -0.610. The molecule has 0 aromatic heterocycles. The third kappa shape index (κ3) is 1.76. The van der Waals surface area contributed by atoms with Crippen LogP contribution >= 0.6 is 0 Å². The molecule has 2 atom stereocenters. The largest absolute Gasteiger partial charge is 0.337 e. The molecule has 4 heteroatoms. The van der Waals surface area contributed by atoms with Crippen LogP contribution in [0.25, 0.3) is 0 Å². The minimum absolute atomic E-state index is 0.0278. The summed E-state index contributed by atoms with van der Waals surface area (Å²) in [5.74, 6) is 0.197. The smallest absolute Gasteiger partial charge is 0.222 e. The van der Waals surface area contributed by atoms with Gasteiger partial charge >= 0.3 is 0 Å². The fraction of sp³-hybridized carbons (Fsp3) is 0.875. The molecule has 4 N–H and O–H groups in total. The lowest BCUT2D eigenvalue weighted by Crippen LogP contribution is -2.51. The molecule has 0 radical (unpaired) electrons. The zero-order valence-corrected chi connectivity index (χ0v) is 7.49. The van der Waals surface area contributed by atoms with E-state index in [9.17, 15) is 4.79 Å². The Balaban J connectivity index is 2.58. The van der Waals surface area contributed by atoms with Crippen molar-refractivity contribution in [3.8, 4) is 0 Å². The number of carbonyl (C=O) groups excluding carboxylic acids is 1. The Kier molecular flexibility index (Phi) is 3.05. The lowest BCUT2D eigenvalue weighted by atomic mass is 10.1. The zero-order chi connectivity index (χ0) is 9.14. The normalized spacial score (nSPS) is 22.9. The van der Waals surface area contributed by atoms with Crippen molar-refractivity contribution in [2.24, 2.45) is 11.5 Å². The van der Waals surface area contributed by atoms with E-state index in [4.69, 9.17) is 11.5 Å². The Morgan fingerprint density at radius 1 is 1.67 bits per heavy atom. The molecule has 1 saturated heterocycles. The van der Waals surface area contributed by atoms with E-state index in [1.807, 2.05) is 11.8 Å². The maximum absolute atomic E-state index is 11.3. The van der Waals surface area contributed by atoms with E-state index >= 15 is 0 Å². The Morgan fingerprint density at radius 2 is 2.33 bits per heavy atom. The van der Waals surface area contributed by atoms with Crippen LogP contribution in [0.2, 0.25) is 0 Å². The second-order valence-electron chi connectivity index (χ2n) is 3.35. The van der Waals surface area contributed by atoms with Crippen molar-refractivity contribution in [1.29, 1.82) is 0 Å². The second-order valence-corrected chi connectivity index (χ2v) is 3.35. The molecule has 12 heavy (non-hydrogen) atoms. The highest BCUT2D eigenvalue weighted by molar-refractivity contribution is 5.78. The van der Waals surface area contributed by atoms with E-state index in [2.05, 4.69) is 0 Å².